The van der Waals surface area contributed by atoms with Crippen LogP contribution in [0.5, 0.6) is 11.5 Å². The van der Waals surface area contributed by atoms with Crippen LogP contribution in [0.1, 0.15) is 30.7 Å². The number of aliphatic carboxylic acids is 1. The summed E-state index contributed by atoms with van der Waals surface area (Å²) in [5, 5.41) is 18.4. The molecule has 0 aromatic heterocycles. The number of carboxylic acid groups (broad SMARTS) is 1. The number of hydrogen-bond acceptors (Lipinski definition) is 3. The fourth-order valence-corrected chi connectivity index (χ4v) is 2.24. The smallest absolute Gasteiger partial charge is 0.303 e. The van der Waals surface area contributed by atoms with Gasteiger partial charge in [0, 0.05) is 17.5 Å². The molecule has 1 aliphatic carbocycles. The Morgan fingerprint density at radius 2 is 2.22 bits per heavy atom. The average Bonchev–Trinajstić information content (AvgIpc) is 3.13. The van der Waals surface area contributed by atoms with Crippen LogP contribution in [-0.4, -0.2) is 23.3 Å². The van der Waals surface area contributed by atoms with Crippen LogP contribution in [0.15, 0.2) is 12.1 Å². The van der Waals surface area contributed by atoms with Crippen molar-refractivity contribution in [2.24, 2.45) is 5.92 Å². The zero-order valence-electron chi connectivity index (χ0n) is 10.0. The Bertz CT molecular complexity index is 468. The minimum atomic E-state index is -0.905. The van der Waals surface area contributed by atoms with Crippen LogP contribution in [0, 0.1) is 11.7 Å². The Morgan fingerprint density at radius 1 is 1.56 bits per heavy atom. The lowest BCUT2D eigenvalue weighted by molar-refractivity contribution is -0.137. The Kier molecular flexibility index (Phi) is 3.41. The molecule has 1 unspecified atom stereocenters. The van der Waals surface area contributed by atoms with E-state index in [9.17, 15) is 14.3 Å². The van der Waals surface area contributed by atoms with Gasteiger partial charge in [0.15, 0.2) is 11.6 Å². The number of phenols is 1. The standard InChI is InChI=1S/C13H15FO4/c1-18-12-6-10(14)11(15)4-9(12)8(5-13(16)17)7-2-3-7/h4,6-8,15H,2-3,5H2,1H3,(H,16,17). The number of benzene rings is 1. The van der Waals surface area contributed by atoms with Crippen LogP contribution in [-0.2, 0) is 4.79 Å². The minimum Gasteiger partial charge on any atom is -0.505 e. The normalized spacial score (nSPS) is 16.3. The molecule has 0 radical (unpaired) electrons. The first kappa shape index (κ1) is 12.7. The highest BCUT2D eigenvalue weighted by atomic mass is 19.1. The number of carboxylic acids is 1. The molecule has 0 bridgehead atoms. The summed E-state index contributed by atoms with van der Waals surface area (Å²) in [4.78, 5) is 10.9. The Balaban J connectivity index is 2.39. The van der Waals surface area contributed by atoms with Crippen LogP contribution in [0.2, 0.25) is 0 Å². The van der Waals surface area contributed by atoms with Crippen molar-refractivity contribution in [3.8, 4) is 11.5 Å². The summed E-state index contributed by atoms with van der Waals surface area (Å²) in [7, 11) is 1.40. The van der Waals surface area contributed by atoms with Crippen molar-refractivity contribution in [2.75, 3.05) is 7.11 Å². The second-order valence-corrected chi connectivity index (χ2v) is 4.59. The first-order valence-corrected chi connectivity index (χ1v) is 5.81. The van der Waals surface area contributed by atoms with Gasteiger partial charge >= 0.3 is 5.97 Å². The monoisotopic (exact) mass is 254 g/mol. The van der Waals surface area contributed by atoms with Gasteiger partial charge < -0.3 is 14.9 Å². The molecule has 1 aromatic rings. The fourth-order valence-electron chi connectivity index (χ4n) is 2.24. The number of aromatic hydroxyl groups is 1. The maximum Gasteiger partial charge on any atom is 0.303 e. The molecule has 2 rings (SSSR count). The molecule has 1 aliphatic rings. The van der Waals surface area contributed by atoms with Gasteiger partial charge in [-0.2, -0.15) is 0 Å². The lowest BCUT2D eigenvalue weighted by atomic mass is 9.90. The van der Waals surface area contributed by atoms with Crippen molar-refractivity contribution < 1.29 is 24.1 Å². The maximum atomic E-state index is 13.2. The van der Waals surface area contributed by atoms with Gasteiger partial charge in [-0.05, 0) is 24.8 Å². The van der Waals surface area contributed by atoms with Crippen LogP contribution >= 0.6 is 0 Å². The zero-order chi connectivity index (χ0) is 13.3. The number of phenolic OH excluding ortho intramolecular Hbond substituents is 1. The molecule has 1 aromatic carbocycles. The van der Waals surface area contributed by atoms with Crippen LogP contribution in [0.25, 0.3) is 0 Å². The molecular weight excluding hydrogens is 239 g/mol. The minimum absolute atomic E-state index is 0.0356. The van der Waals surface area contributed by atoms with Crippen molar-refractivity contribution in [2.45, 2.75) is 25.2 Å². The van der Waals surface area contributed by atoms with E-state index in [1.165, 1.54) is 13.2 Å². The predicted octanol–water partition coefficient (Wildman–Crippen LogP) is 2.51. The van der Waals surface area contributed by atoms with Crippen molar-refractivity contribution in [1.82, 2.24) is 0 Å². The molecular formula is C13H15FO4. The summed E-state index contributed by atoms with van der Waals surface area (Å²) in [5.41, 5.74) is 0.571. The number of methoxy groups -OCH3 is 1. The van der Waals surface area contributed by atoms with E-state index >= 15 is 0 Å². The van der Waals surface area contributed by atoms with Crippen LogP contribution in [0.3, 0.4) is 0 Å². The lowest BCUT2D eigenvalue weighted by Crippen LogP contribution is -2.10. The molecule has 18 heavy (non-hydrogen) atoms. The van der Waals surface area contributed by atoms with Gasteiger partial charge in [0.05, 0.1) is 13.5 Å². The van der Waals surface area contributed by atoms with Crippen molar-refractivity contribution >= 4 is 5.97 Å². The third-order valence-corrected chi connectivity index (χ3v) is 3.28. The van der Waals surface area contributed by atoms with Crippen molar-refractivity contribution in [3.05, 3.63) is 23.5 Å². The van der Waals surface area contributed by atoms with Gasteiger partial charge in [0.2, 0.25) is 0 Å². The molecule has 0 spiro atoms. The molecule has 4 nitrogen and oxygen atoms in total. The Morgan fingerprint density at radius 3 is 2.72 bits per heavy atom. The van der Waals surface area contributed by atoms with Crippen molar-refractivity contribution in [3.63, 3.8) is 0 Å². The van der Waals surface area contributed by atoms with E-state index in [0.717, 1.165) is 18.9 Å². The molecule has 1 fully saturated rings. The third-order valence-electron chi connectivity index (χ3n) is 3.28. The highest BCUT2D eigenvalue weighted by molar-refractivity contribution is 5.68. The number of carbonyl (C=O) groups is 1. The van der Waals surface area contributed by atoms with Crippen LogP contribution < -0.4 is 4.74 Å². The summed E-state index contributed by atoms with van der Waals surface area (Å²) < 4.78 is 18.3. The molecule has 0 amide bonds. The quantitative estimate of drug-likeness (QED) is 0.847. The lowest BCUT2D eigenvalue weighted by Gasteiger charge is -2.18. The second-order valence-electron chi connectivity index (χ2n) is 4.59. The highest BCUT2D eigenvalue weighted by Gasteiger charge is 2.35. The van der Waals surface area contributed by atoms with Gasteiger partial charge in [-0.3, -0.25) is 4.79 Å². The van der Waals surface area contributed by atoms with Gasteiger partial charge in [0.25, 0.3) is 0 Å². The van der Waals surface area contributed by atoms with Gasteiger partial charge in [0.1, 0.15) is 5.75 Å². The molecule has 98 valence electrons. The number of hydrogen-bond donors (Lipinski definition) is 2. The van der Waals surface area contributed by atoms with E-state index in [0.29, 0.717) is 11.3 Å². The number of halogens is 1. The number of ether oxygens (including phenoxy) is 1. The van der Waals surface area contributed by atoms with Gasteiger partial charge in [-0.15, -0.1) is 0 Å². The SMILES string of the molecule is COc1cc(F)c(O)cc1C(CC(=O)O)C1CC1. The average molecular weight is 254 g/mol. The summed E-state index contributed by atoms with van der Waals surface area (Å²) in [6.07, 6.45) is 1.88. The number of rotatable bonds is 5. The van der Waals surface area contributed by atoms with Crippen LogP contribution in [0.4, 0.5) is 4.39 Å². The summed E-state index contributed by atoms with van der Waals surface area (Å²) in [6.45, 7) is 0. The zero-order valence-corrected chi connectivity index (χ0v) is 10.0. The van der Waals surface area contributed by atoms with E-state index in [2.05, 4.69) is 0 Å². The Labute approximate surface area is 104 Å². The highest BCUT2D eigenvalue weighted by Crippen LogP contribution is 2.48. The molecule has 0 heterocycles. The van der Waals surface area contributed by atoms with E-state index in [1.54, 1.807) is 0 Å². The maximum absolute atomic E-state index is 13.2. The summed E-state index contributed by atoms with van der Waals surface area (Å²) in [6, 6.07) is 2.38. The van der Waals surface area contributed by atoms with Crippen molar-refractivity contribution in [1.29, 1.82) is 0 Å². The molecule has 2 N–H and O–H groups in total. The largest absolute Gasteiger partial charge is 0.505 e. The van der Waals surface area contributed by atoms with E-state index in [-0.39, 0.29) is 18.3 Å². The first-order valence-electron chi connectivity index (χ1n) is 5.81. The van der Waals surface area contributed by atoms with E-state index in [1.807, 2.05) is 0 Å². The first-order chi connectivity index (χ1) is 8.52. The molecule has 5 heteroatoms. The topological polar surface area (TPSA) is 66.8 Å². The molecule has 0 saturated heterocycles. The predicted molar refractivity (Wildman–Crippen MR) is 62.3 cm³/mol. The van der Waals surface area contributed by atoms with Gasteiger partial charge in [-0.25, -0.2) is 4.39 Å². The second kappa shape index (κ2) is 4.84. The summed E-state index contributed by atoms with van der Waals surface area (Å²) >= 11 is 0. The molecule has 1 atom stereocenters. The third kappa shape index (κ3) is 2.55. The van der Waals surface area contributed by atoms with E-state index in [4.69, 9.17) is 9.84 Å². The van der Waals surface area contributed by atoms with Gasteiger partial charge in [-0.1, -0.05) is 0 Å². The fraction of sp³-hybridized carbons (Fsp3) is 0.462. The van der Waals surface area contributed by atoms with E-state index < -0.39 is 17.5 Å². The molecule has 0 aliphatic heterocycles. The Hall–Kier alpha value is -1.78. The molecule has 1 saturated carbocycles. The summed E-state index contributed by atoms with van der Waals surface area (Å²) in [5.74, 6) is -1.80.